The van der Waals surface area contributed by atoms with Crippen molar-refractivity contribution >= 4 is 17.0 Å². The topological polar surface area (TPSA) is 67.5 Å². The van der Waals surface area contributed by atoms with E-state index < -0.39 is 5.76 Å². The van der Waals surface area contributed by atoms with Gasteiger partial charge in [-0.1, -0.05) is 36.4 Å². The average molecular weight is 391 g/mol. The minimum absolute atomic E-state index is 0.118. The van der Waals surface area contributed by atoms with Crippen LogP contribution in [0.2, 0.25) is 0 Å². The molecule has 2 heterocycles. The average Bonchev–Trinajstić information content (AvgIpc) is 3.05. The minimum atomic E-state index is -0.441. The Morgan fingerprint density at radius 3 is 2.66 bits per heavy atom. The Bertz CT molecular complexity index is 1060. The van der Waals surface area contributed by atoms with Crippen LogP contribution in [0, 0.1) is 0 Å². The summed E-state index contributed by atoms with van der Waals surface area (Å²) in [6.45, 7) is 6.87. The maximum absolute atomic E-state index is 12.7. The standard InChI is InChI=1S/C23H25N3O3/c1-2-12-26-20-15-18(8-9-21(20)29-23(26)28)22(27)24-19-10-13-25(14-11-19)16-17-6-4-3-5-7-17/h2-9,15,19H,1,10-14,16H2,(H,24,27). The van der Waals surface area contributed by atoms with Crippen molar-refractivity contribution in [3.63, 3.8) is 0 Å². The van der Waals surface area contributed by atoms with Crippen LogP contribution >= 0.6 is 0 Å². The number of likely N-dealkylation sites (tertiary alicyclic amines) is 1. The fourth-order valence-corrected chi connectivity index (χ4v) is 3.85. The molecule has 3 aromatic rings. The molecule has 29 heavy (non-hydrogen) atoms. The second kappa shape index (κ2) is 8.49. The molecular formula is C23H25N3O3. The first-order chi connectivity index (χ1) is 14.1. The molecular weight excluding hydrogens is 366 g/mol. The van der Waals surface area contributed by atoms with E-state index in [4.69, 9.17) is 4.42 Å². The van der Waals surface area contributed by atoms with Gasteiger partial charge in [0.1, 0.15) is 0 Å². The lowest BCUT2D eigenvalue weighted by Crippen LogP contribution is -2.44. The zero-order valence-corrected chi connectivity index (χ0v) is 16.3. The maximum Gasteiger partial charge on any atom is 0.420 e. The van der Waals surface area contributed by atoms with Crippen molar-refractivity contribution in [3.05, 3.63) is 82.9 Å². The molecule has 1 saturated heterocycles. The van der Waals surface area contributed by atoms with Gasteiger partial charge < -0.3 is 9.73 Å². The summed E-state index contributed by atoms with van der Waals surface area (Å²) in [6, 6.07) is 15.7. The van der Waals surface area contributed by atoms with Crippen LogP contribution in [-0.2, 0) is 13.1 Å². The normalized spacial score (nSPS) is 15.4. The summed E-state index contributed by atoms with van der Waals surface area (Å²) in [4.78, 5) is 27.1. The number of piperidine rings is 1. The van der Waals surface area contributed by atoms with Crippen molar-refractivity contribution < 1.29 is 9.21 Å². The van der Waals surface area contributed by atoms with Crippen molar-refractivity contribution in [1.82, 2.24) is 14.8 Å². The Labute approximate surface area is 169 Å². The predicted octanol–water partition coefficient (Wildman–Crippen LogP) is 3.17. The molecule has 1 N–H and O–H groups in total. The van der Waals surface area contributed by atoms with Crippen LogP contribution in [0.3, 0.4) is 0 Å². The van der Waals surface area contributed by atoms with E-state index in [9.17, 15) is 9.59 Å². The number of benzene rings is 2. The van der Waals surface area contributed by atoms with Gasteiger partial charge in [0.2, 0.25) is 0 Å². The molecule has 1 aliphatic heterocycles. The van der Waals surface area contributed by atoms with E-state index in [1.807, 2.05) is 6.07 Å². The van der Waals surface area contributed by atoms with E-state index in [1.54, 1.807) is 24.3 Å². The number of rotatable bonds is 6. The molecule has 1 aliphatic rings. The molecule has 0 radical (unpaired) electrons. The highest BCUT2D eigenvalue weighted by atomic mass is 16.4. The van der Waals surface area contributed by atoms with E-state index in [-0.39, 0.29) is 11.9 Å². The highest BCUT2D eigenvalue weighted by molar-refractivity contribution is 5.97. The van der Waals surface area contributed by atoms with Crippen LogP contribution in [0.15, 0.2) is 70.4 Å². The second-order valence-electron chi connectivity index (χ2n) is 7.46. The molecule has 0 aliphatic carbocycles. The van der Waals surface area contributed by atoms with E-state index in [2.05, 4.69) is 41.1 Å². The van der Waals surface area contributed by atoms with Gasteiger partial charge in [-0.3, -0.25) is 14.3 Å². The maximum atomic E-state index is 12.7. The smallest absolute Gasteiger partial charge is 0.408 e. The van der Waals surface area contributed by atoms with Crippen molar-refractivity contribution in [2.24, 2.45) is 0 Å². The third kappa shape index (κ3) is 4.32. The van der Waals surface area contributed by atoms with Crippen LogP contribution < -0.4 is 11.1 Å². The number of fused-ring (bicyclic) bond motifs is 1. The largest absolute Gasteiger partial charge is 0.420 e. The van der Waals surface area contributed by atoms with Crippen molar-refractivity contribution in [1.29, 1.82) is 0 Å². The van der Waals surface area contributed by atoms with Crippen LogP contribution in [0.5, 0.6) is 0 Å². The van der Waals surface area contributed by atoms with Crippen LogP contribution in [-0.4, -0.2) is 34.5 Å². The van der Waals surface area contributed by atoms with E-state index in [0.717, 1.165) is 32.5 Å². The summed E-state index contributed by atoms with van der Waals surface area (Å²) in [5, 5.41) is 3.14. The van der Waals surface area contributed by atoms with Gasteiger partial charge in [-0.2, -0.15) is 0 Å². The third-order valence-corrected chi connectivity index (χ3v) is 5.41. The molecule has 0 atom stereocenters. The number of nitrogens with zero attached hydrogens (tertiary/aromatic N) is 2. The van der Waals surface area contributed by atoms with Gasteiger partial charge in [-0.05, 0) is 36.6 Å². The Hall–Kier alpha value is -3.12. The monoisotopic (exact) mass is 391 g/mol. The minimum Gasteiger partial charge on any atom is -0.408 e. The van der Waals surface area contributed by atoms with E-state index in [0.29, 0.717) is 23.2 Å². The zero-order chi connectivity index (χ0) is 20.2. The Morgan fingerprint density at radius 1 is 1.17 bits per heavy atom. The number of hydrogen-bond acceptors (Lipinski definition) is 4. The molecule has 1 aromatic heterocycles. The highest BCUT2D eigenvalue weighted by Gasteiger charge is 2.22. The SMILES string of the molecule is C=CCn1c(=O)oc2ccc(C(=O)NC3CCN(Cc4ccccc4)CC3)cc21. The molecule has 0 saturated carbocycles. The fraction of sp³-hybridized carbons (Fsp3) is 0.304. The van der Waals surface area contributed by atoms with Crippen LogP contribution in [0.25, 0.3) is 11.1 Å². The van der Waals surface area contributed by atoms with Crippen molar-refractivity contribution in [2.45, 2.75) is 32.0 Å². The van der Waals surface area contributed by atoms with Gasteiger partial charge in [-0.25, -0.2) is 4.79 Å². The first-order valence-electron chi connectivity index (χ1n) is 9.95. The summed E-state index contributed by atoms with van der Waals surface area (Å²) in [5.41, 5.74) is 2.93. The van der Waals surface area contributed by atoms with E-state index >= 15 is 0 Å². The molecule has 2 aromatic carbocycles. The van der Waals surface area contributed by atoms with Crippen molar-refractivity contribution in [3.8, 4) is 0 Å². The molecule has 0 bridgehead atoms. The van der Waals surface area contributed by atoms with Gasteiger partial charge in [0.15, 0.2) is 5.58 Å². The Morgan fingerprint density at radius 2 is 1.93 bits per heavy atom. The molecule has 6 nitrogen and oxygen atoms in total. The molecule has 0 spiro atoms. The number of allylic oxidation sites excluding steroid dienone is 1. The number of hydrogen-bond donors (Lipinski definition) is 1. The molecule has 1 amide bonds. The molecule has 1 fully saturated rings. The van der Waals surface area contributed by atoms with Gasteiger partial charge in [0, 0.05) is 37.8 Å². The predicted molar refractivity (Wildman–Crippen MR) is 113 cm³/mol. The Balaban J connectivity index is 1.38. The van der Waals surface area contributed by atoms with E-state index in [1.165, 1.54) is 10.1 Å². The first-order valence-corrected chi connectivity index (χ1v) is 9.95. The second-order valence-corrected chi connectivity index (χ2v) is 7.46. The first kappa shape index (κ1) is 19.2. The molecule has 150 valence electrons. The van der Waals surface area contributed by atoms with Crippen molar-refractivity contribution in [2.75, 3.05) is 13.1 Å². The quantitative estimate of drug-likeness (QED) is 0.656. The molecule has 6 heteroatoms. The van der Waals surface area contributed by atoms with Gasteiger partial charge in [0.25, 0.3) is 5.91 Å². The van der Waals surface area contributed by atoms with Crippen LogP contribution in [0.4, 0.5) is 0 Å². The third-order valence-electron chi connectivity index (χ3n) is 5.41. The number of carbonyl (C=O) groups excluding carboxylic acids is 1. The number of oxazole rings is 1. The fourth-order valence-electron chi connectivity index (χ4n) is 3.85. The summed E-state index contributed by atoms with van der Waals surface area (Å²) >= 11 is 0. The molecule has 4 rings (SSSR count). The molecule has 0 unspecified atom stereocenters. The number of nitrogens with one attached hydrogen (secondary N) is 1. The van der Waals surface area contributed by atoms with Gasteiger partial charge in [-0.15, -0.1) is 6.58 Å². The number of aromatic nitrogens is 1. The summed E-state index contributed by atoms with van der Waals surface area (Å²) in [6.07, 6.45) is 3.48. The zero-order valence-electron chi connectivity index (χ0n) is 16.3. The lowest BCUT2D eigenvalue weighted by atomic mass is 10.0. The van der Waals surface area contributed by atoms with Gasteiger partial charge >= 0.3 is 5.76 Å². The summed E-state index contributed by atoms with van der Waals surface area (Å²) in [7, 11) is 0. The lowest BCUT2D eigenvalue weighted by molar-refractivity contribution is 0.0909. The number of carbonyl (C=O) groups is 1. The summed E-state index contributed by atoms with van der Waals surface area (Å²) < 4.78 is 6.69. The summed E-state index contributed by atoms with van der Waals surface area (Å²) in [5.74, 6) is -0.560. The Kier molecular flexibility index (Phi) is 5.62. The highest BCUT2D eigenvalue weighted by Crippen LogP contribution is 2.17. The lowest BCUT2D eigenvalue weighted by Gasteiger charge is -2.32. The van der Waals surface area contributed by atoms with Crippen LogP contribution in [0.1, 0.15) is 28.8 Å². The van der Waals surface area contributed by atoms with Gasteiger partial charge in [0.05, 0.1) is 5.52 Å². The number of amides is 1.